The molecular formula is C24H32N2. The van der Waals surface area contributed by atoms with Crippen LogP contribution in [0, 0.1) is 6.92 Å². The minimum absolute atomic E-state index is 0.617. The molecular weight excluding hydrogens is 316 g/mol. The largest absolute Gasteiger partial charge is 0.382 e. The van der Waals surface area contributed by atoms with Crippen LogP contribution >= 0.6 is 0 Å². The Morgan fingerprint density at radius 1 is 0.808 bits per heavy atom. The summed E-state index contributed by atoms with van der Waals surface area (Å²) in [6.45, 7) is 4.67. The van der Waals surface area contributed by atoms with E-state index in [-0.39, 0.29) is 0 Å². The maximum absolute atomic E-state index is 3.79. The summed E-state index contributed by atoms with van der Waals surface area (Å²) in [7, 11) is 0. The Bertz CT molecular complexity index is 688. The van der Waals surface area contributed by atoms with Gasteiger partial charge in [-0.1, -0.05) is 61.4 Å². The SMILES string of the molecule is Cc1ccccc1NC1CCN(C2CCCCC2c2ccccc2)CC1. The van der Waals surface area contributed by atoms with E-state index in [1.807, 2.05) is 0 Å². The van der Waals surface area contributed by atoms with Crippen molar-refractivity contribution in [2.24, 2.45) is 0 Å². The van der Waals surface area contributed by atoms with Crippen LogP contribution in [0.3, 0.4) is 0 Å². The van der Waals surface area contributed by atoms with Gasteiger partial charge in [-0.15, -0.1) is 0 Å². The molecule has 1 saturated heterocycles. The number of hydrogen-bond acceptors (Lipinski definition) is 2. The molecule has 2 heteroatoms. The molecule has 2 unspecified atom stereocenters. The number of nitrogens with one attached hydrogen (secondary N) is 1. The lowest BCUT2D eigenvalue weighted by atomic mass is 9.78. The van der Waals surface area contributed by atoms with Crippen LogP contribution in [-0.2, 0) is 0 Å². The number of para-hydroxylation sites is 1. The average molecular weight is 349 g/mol. The molecule has 1 aliphatic heterocycles. The predicted molar refractivity (Wildman–Crippen MR) is 111 cm³/mol. The molecule has 1 N–H and O–H groups in total. The number of aryl methyl sites for hydroxylation is 1. The molecule has 2 fully saturated rings. The van der Waals surface area contributed by atoms with Gasteiger partial charge in [0.05, 0.1) is 0 Å². The van der Waals surface area contributed by atoms with Gasteiger partial charge in [0.25, 0.3) is 0 Å². The summed E-state index contributed by atoms with van der Waals surface area (Å²) in [4.78, 5) is 2.80. The zero-order valence-electron chi connectivity index (χ0n) is 16.0. The van der Waals surface area contributed by atoms with Gasteiger partial charge in [-0.3, -0.25) is 4.90 Å². The summed E-state index contributed by atoms with van der Waals surface area (Å²) in [6.07, 6.45) is 8.03. The summed E-state index contributed by atoms with van der Waals surface area (Å²) >= 11 is 0. The Kier molecular flexibility index (Phi) is 5.59. The first kappa shape index (κ1) is 17.6. The highest BCUT2D eigenvalue weighted by Crippen LogP contribution is 2.37. The quantitative estimate of drug-likeness (QED) is 0.774. The maximum atomic E-state index is 3.79. The lowest BCUT2D eigenvalue weighted by Crippen LogP contribution is -2.47. The van der Waals surface area contributed by atoms with Crippen molar-refractivity contribution in [3.63, 3.8) is 0 Å². The molecule has 0 spiro atoms. The standard InChI is InChI=1S/C24H32N2/c1-19-9-5-7-13-23(19)25-21-15-17-26(18-16-21)24-14-8-6-12-22(24)20-10-3-2-4-11-20/h2-5,7,9-11,13,21-22,24-25H,6,8,12,14-18H2,1H3. The van der Waals surface area contributed by atoms with E-state index in [1.165, 1.54) is 62.9 Å². The molecule has 1 saturated carbocycles. The summed E-state index contributed by atoms with van der Waals surface area (Å²) < 4.78 is 0. The summed E-state index contributed by atoms with van der Waals surface area (Å²) in [5.41, 5.74) is 4.22. The van der Waals surface area contributed by atoms with E-state index in [4.69, 9.17) is 0 Å². The number of piperidine rings is 1. The molecule has 1 aliphatic carbocycles. The molecule has 0 aromatic heterocycles. The van der Waals surface area contributed by atoms with E-state index in [9.17, 15) is 0 Å². The van der Waals surface area contributed by atoms with E-state index >= 15 is 0 Å². The topological polar surface area (TPSA) is 15.3 Å². The molecule has 2 aliphatic rings. The van der Waals surface area contributed by atoms with Crippen molar-refractivity contribution in [1.29, 1.82) is 0 Å². The number of rotatable bonds is 4. The van der Waals surface area contributed by atoms with Gasteiger partial charge in [-0.25, -0.2) is 0 Å². The summed E-state index contributed by atoms with van der Waals surface area (Å²) in [5.74, 6) is 0.728. The normalized spacial score (nSPS) is 25.1. The predicted octanol–water partition coefficient (Wildman–Crippen LogP) is 5.60. The van der Waals surface area contributed by atoms with Crippen molar-refractivity contribution >= 4 is 5.69 Å². The van der Waals surface area contributed by atoms with E-state index < -0.39 is 0 Å². The first-order valence-electron chi connectivity index (χ1n) is 10.4. The van der Waals surface area contributed by atoms with Crippen LogP contribution < -0.4 is 5.32 Å². The minimum Gasteiger partial charge on any atom is -0.382 e. The molecule has 2 aromatic rings. The van der Waals surface area contributed by atoms with Crippen molar-refractivity contribution in [3.05, 3.63) is 65.7 Å². The third kappa shape index (κ3) is 3.96. The second-order valence-electron chi connectivity index (χ2n) is 8.14. The molecule has 2 atom stereocenters. The molecule has 1 heterocycles. The first-order valence-corrected chi connectivity index (χ1v) is 10.4. The third-order valence-electron chi connectivity index (χ3n) is 6.46. The Balaban J connectivity index is 1.38. The number of hydrogen-bond donors (Lipinski definition) is 1. The van der Waals surface area contributed by atoms with Gasteiger partial charge < -0.3 is 5.32 Å². The van der Waals surface area contributed by atoms with Gasteiger partial charge in [0.15, 0.2) is 0 Å². The average Bonchev–Trinajstić information content (AvgIpc) is 2.71. The number of benzene rings is 2. The fourth-order valence-electron chi connectivity index (χ4n) is 4.97. The molecule has 2 aromatic carbocycles. The molecule has 4 rings (SSSR count). The van der Waals surface area contributed by atoms with Gasteiger partial charge >= 0.3 is 0 Å². The van der Waals surface area contributed by atoms with Crippen LogP contribution in [0.15, 0.2) is 54.6 Å². The number of nitrogens with zero attached hydrogens (tertiary/aromatic N) is 1. The Morgan fingerprint density at radius 2 is 1.50 bits per heavy atom. The van der Waals surface area contributed by atoms with Gasteiger partial charge in [-0.2, -0.15) is 0 Å². The minimum atomic E-state index is 0.617. The van der Waals surface area contributed by atoms with Crippen LogP contribution in [-0.4, -0.2) is 30.1 Å². The molecule has 2 nitrogen and oxygen atoms in total. The molecule has 26 heavy (non-hydrogen) atoms. The van der Waals surface area contributed by atoms with Crippen LogP contribution in [0.25, 0.3) is 0 Å². The first-order chi connectivity index (χ1) is 12.8. The third-order valence-corrected chi connectivity index (χ3v) is 6.46. The second kappa shape index (κ2) is 8.26. The van der Waals surface area contributed by atoms with Crippen molar-refractivity contribution in [1.82, 2.24) is 4.90 Å². The van der Waals surface area contributed by atoms with Gasteiger partial charge in [-0.05, 0) is 55.7 Å². The zero-order valence-corrected chi connectivity index (χ0v) is 16.0. The smallest absolute Gasteiger partial charge is 0.0372 e. The highest BCUT2D eigenvalue weighted by atomic mass is 15.2. The van der Waals surface area contributed by atoms with Crippen molar-refractivity contribution in [2.45, 2.75) is 63.5 Å². The van der Waals surface area contributed by atoms with E-state index in [2.05, 4.69) is 71.7 Å². The van der Waals surface area contributed by atoms with Crippen LogP contribution in [0.2, 0.25) is 0 Å². The Morgan fingerprint density at radius 3 is 2.27 bits per heavy atom. The van der Waals surface area contributed by atoms with Gasteiger partial charge in [0, 0.05) is 30.9 Å². The van der Waals surface area contributed by atoms with E-state index in [1.54, 1.807) is 5.56 Å². The fraction of sp³-hybridized carbons (Fsp3) is 0.500. The molecule has 138 valence electrons. The molecule has 0 radical (unpaired) electrons. The van der Waals surface area contributed by atoms with Crippen LogP contribution in [0.1, 0.15) is 55.6 Å². The molecule has 0 bridgehead atoms. The van der Waals surface area contributed by atoms with Crippen molar-refractivity contribution in [2.75, 3.05) is 18.4 Å². The van der Waals surface area contributed by atoms with E-state index in [0.717, 1.165) is 12.0 Å². The number of likely N-dealkylation sites (tertiary alicyclic amines) is 1. The number of anilines is 1. The monoisotopic (exact) mass is 348 g/mol. The lowest BCUT2D eigenvalue weighted by Gasteiger charge is -2.44. The van der Waals surface area contributed by atoms with Gasteiger partial charge in [0.2, 0.25) is 0 Å². The summed E-state index contributed by atoms with van der Waals surface area (Å²) in [5, 5.41) is 3.79. The van der Waals surface area contributed by atoms with Crippen molar-refractivity contribution in [3.8, 4) is 0 Å². The van der Waals surface area contributed by atoms with Crippen LogP contribution in [0.5, 0.6) is 0 Å². The Hall–Kier alpha value is -1.80. The fourth-order valence-corrected chi connectivity index (χ4v) is 4.97. The van der Waals surface area contributed by atoms with E-state index in [0.29, 0.717) is 6.04 Å². The second-order valence-corrected chi connectivity index (χ2v) is 8.14. The lowest BCUT2D eigenvalue weighted by molar-refractivity contribution is 0.109. The highest BCUT2D eigenvalue weighted by Gasteiger charge is 2.33. The van der Waals surface area contributed by atoms with Crippen molar-refractivity contribution < 1.29 is 0 Å². The summed E-state index contributed by atoms with van der Waals surface area (Å²) in [6, 6.07) is 21.3. The highest BCUT2D eigenvalue weighted by molar-refractivity contribution is 5.51. The molecule has 0 amide bonds. The Labute approximate surface area is 158 Å². The maximum Gasteiger partial charge on any atom is 0.0372 e. The zero-order chi connectivity index (χ0) is 17.8. The van der Waals surface area contributed by atoms with Gasteiger partial charge in [0.1, 0.15) is 0 Å². The van der Waals surface area contributed by atoms with Crippen LogP contribution in [0.4, 0.5) is 5.69 Å².